The molecule has 0 bridgehead atoms. The fourth-order valence-electron chi connectivity index (χ4n) is 2.89. The number of amides is 1. The highest BCUT2D eigenvalue weighted by atomic mass is 32.2. The zero-order chi connectivity index (χ0) is 17.2. The molecule has 2 aliphatic rings. The van der Waals surface area contributed by atoms with E-state index in [4.69, 9.17) is 0 Å². The fraction of sp³-hybridized carbons (Fsp3) is 0.562. The van der Waals surface area contributed by atoms with Gasteiger partial charge in [-0.05, 0) is 25.0 Å². The summed E-state index contributed by atoms with van der Waals surface area (Å²) in [5.41, 5.74) is 0.00368. The van der Waals surface area contributed by atoms with Gasteiger partial charge in [0.05, 0.1) is 11.3 Å². The van der Waals surface area contributed by atoms with Crippen LogP contribution in [0.15, 0.2) is 24.3 Å². The molecule has 0 unspecified atom stereocenters. The summed E-state index contributed by atoms with van der Waals surface area (Å²) in [7, 11) is -3.40. The van der Waals surface area contributed by atoms with E-state index in [9.17, 15) is 17.6 Å². The van der Waals surface area contributed by atoms with Crippen molar-refractivity contribution in [2.24, 2.45) is 0 Å². The van der Waals surface area contributed by atoms with Gasteiger partial charge in [-0.1, -0.05) is 12.1 Å². The highest BCUT2D eigenvalue weighted by molar-refractivity contribution is 7.89. The second-order valence-electron chi connectivity index (χ2n) is 6.17. The van der Waals surface area contributed by atoms with E-state index in [1.807, 2.05) is 0 Å². The van der Waals surface area contributed by atoms with Crippen molar-refractivity contribution in [3.05, 3.63) is 35.6 Å². The Kier molecular flexibility index (Phi) is 5.17. The van der Waals surface area contributed by atoms with Crippen LogP contribution >= 0.6 is 0 Å². The summed E-state index contributed by atoms with van der Waals surface area (Å²) in [5, 5.41) is 3.11. The number of benzene rings is 1. The van der Waals surface area contributed by atoms with E-state index >= 15 is 0 Å². The second kappa shape index (κ2) is 7.16. The molecule has 1 aromatic carbocycles. The van der Waals surface area contributed by atoms with Gasteiger partial charge in [-0.15, -0.1) is 0 Å². The molecule has 8 heteroatoms. The third-order valence-electron chi connectivity index (χ3n) is 4.41. The van der Waals surface area contributed by atoms with Gasteiger partial charge in [0.25, 0.3) is 5.91 Å². The monoisotopic (exact) mass is 355 g/mol. The van der Waals surface area contributed by atoms with Gasteiger partial charge in [0.1, 0.15) is 5.82 Å². The number of hydrogen-bond acceptors (Lipinski definition) is 4. The number of nitrogens with one attached hydrogen (secondary N) is 1. The van der Waals surface area contributed by atoms with E-state index in [0.717, 1.165) is 12.8 Å². The van der Waals surface area contributed by atoms with E-state index in [2.05, 4.69) is 5.32 Å². The minimum Gasteiger partial charge on any atom is -0.334 e. The first-order chi connectivity index (χ1) is 11.5. The Morgan fingerprint density at radius 1 is 1.25 bits per heavy atom. The smallest absolute Gasteiger partial charge is 0.257 e. The highest BCUT2D eigenvalue weighted by Gasteiger charge is 2.35. The Hall–Kier alpha value is -1.51. The normalized spacial score (nSPS) is 19.2. The predicted octanol–water partition coefficient (Wildman–Crippen LogP) is 0.665. The lowest BCUT2D eigenvalue weighted by molar-refractivity contribution is 0.0748. The third-order valence-corrected chi connectivity index (χ3v) is 6.26. The maximum absolute atomic E-state index is 13.9. The Morgan fingerprint density at radius 2 is 1.92 bits per heavy atom. The average Bonchev–Trinajstić information content (AvgIpc) is 3.41. The van der Waals surface area contributed by atoms with Crippen LogP contribution in [0.3, 0.4) is 0 Å². The molecule has 6 nitrogen and oxygen atoms in total. The fourth-order valence-corrected chi connectivity index (χ4v) is 4.32. The molecule has 0 radical (unpaired) electrons. The van der Waals surface area contributed by atoms with Crippen LogP contribution in [0.2, 0.25) is 0 Å². The van der Waals surface area contributed by atoms with Gasteiger partial charge in [0.2, 0.25) is 10.0 Å². The average molecular weight is 355 g/mol. The molecule has 2 fully saturated rings. The van der Waals surface area contributed by atoms with Crippen LogP contribution in [0.1, 0.15) is 23.2 Å². The zero-order valence-electron chi connectivity index (χ0n) is 13.4. The van der Waals surface area contributed by atoms with E-state index in [1.54, 1.807) is 6.07 Å². The van der Waals surface area contributed by atoms with Crippen molar-refractivity contribution >= 4 is 15.9 Å². The summed E-state index contributed by atoms with van der Waals surface area (Å²) in [6.45, 7) is 2.28. The molecule has 0 spiro atoms. The number of sulfonamides is 1. The number of carbonyl (C=O) groups excluding carboxylic acids is 1. The Labute approximate surface area is 141 Å². The van der Waals surface area contributed by atoms with Crippen LogP contribution in [-0.2, 0) is 10.0 Å². The first kappa shape index (κ1) is 17.3. The van der Waals surface area contributed by atoms with E-state index in [1.165, 1.54) is 27.4 Å². The zero-order valence-corrected chi connectivity index (χ0v) is 14.3. The topological polar surface area (TPSA) is 69.7 Å². The molecule has 3 rings (SSSR count). The molecule has 1 aliphatic carbocycles. The molecule has 132 valence electrons. The van der Waals surface area contributed by atoms with Gasteiger partial charge in [-0.2, -0.15) is 4.31 Å². The van der Waals surface area contributed by atoms with Gasteiger partial charge in [-0.25, -0.2) is 12.8 Å². The van der Waals surface area contributed by atoms with Crippen molar-refractivity contribution in [3.63, 3.8) is 0 Å². The van der Waals surface area contributed by atoms with Crippen LogP contribution in [0.4, 0.5) is 4.39 Å². The van der Waals surface area contributed by atoms with E-state index in [-0.39, 0.29) is 23.9 Å². The third kappa shape index (κ3) is 3.93. The SMILES string of the molecule is O=C(c1ccccc1F)N(CCS(=O)(=O)N1CCNCC1)C1CC1. The van der Waals surface area contributed by atoms with Crippen molar-refractivity contribution in [2.45, 2.75) is 18.9 Å². The quantitative estimate of drug-likeness (QED) is 0.814. The Morgan fingerprint density at radius 3 is 2.54 bits per heavy atom. The van der Waals surface area contributed by atoms with Crippen molar-refractivity contribution in [1.29, 1.82) is 0 Å². The second-order valence-corrected chi connectivity index (χ2v) is 8.26. The number of hydrogen-bond donors (Lipinski definition) is 1. The summed E-state index contributed by atoms with van der Waals surface area (Å²) in [6, 6.07) is 5.85. The molecule has 1 N–H and O–H groups in total. The van der Waals surface area contributed by atoms with Gasteiger partial charge in [0.15, 0.2) is 0 Å². The van der Waals surface area contributed by atoms with Crippen molar-refractivity contribution in [1.82, 2.24) is 14.5 Å². The van der Waals surface area contributed by atoms with Gasteiger partial charge in [-0.3, -0.25) is 4.79 Å². The Bertz CT molecular complexity index is 700. The lowest BCUT2D eigenvalue weighted by Crippen LogP contribution is -2.48. The lowest BCUT2D eigenvalue weighted by Gasteiger charge is -2.28. The maximum Gasteiger partial charge on any atom is 0.257 e. The number of nitrogens with zero attached hydrogens (tertiary/aromatic N) is 2. The first-order valence-electron chi connectivity index (χ1n) is 8.23. The van der Waals surface area contributed by atoms with Crippen LogP contribution in [0.5, 0.6) is 0 Å². The van der Waals surface area contributed by atoms with Crippen LogP contribution in [-0.4, -0.2) is 68.0 Å². The van der Waals surface area contributed by atoms with Crippen molar-refractivity contribution in [2.75, 3.05) is 38.5 Å². The lowest BCUT2D eigenvalue weighted by atomic mass is 10.2. The molecule has 1 saturated heterocycles. The molecule has 1 aliphatic heterocycles. The summed E-state index contributed by atoms with van der Waals surface area (Å²) in [4.78, 5) is 14.1. The van der Waals surface area contributed by atoms with Gasteiger partial charge < -0.3 is 10.2 Å². The minimum atomic E-state index is -3.40. The summed E-state index contributed by atoms with van der Waals surface area (Å²) < 4.78 is 40.2. The number of rotatable bonds is 6. The van der Waals surface area contributed by atoms with Crippen molar-refractivity contribution < 1.29 is 17.6 Å². The predicted molar refractivity (Wildman–Crippen MR) is 88.7 cm³/mol. The Balaban J connectivity index is 1.68. The van der Waals surface area contributed by atoms with Crippen LogP contribution in [0, 0.1) is 5.82 Å². The van der Waals surface area contributed by atoms with Crippen molar-refractivity contribution in [3.8, 4) is 0 Å². The molecular formula is C16H22FN3O3S. The molecule has 1 saturated carbocycles. The number of carbonyl (C=O) groups is 1. The van der Waals surface area contributed by atoms with E-state index in [0.29, 0.717) is 26.2 Å². The van der Waals surface area contributed by atoms with Crippen LogP contribution < -0.4 is 5.32 Å². The molecule has 0 aromatic heterocycles. The molecule has 1 heterocycles. The highest BCUT2D eigenvalue weighted by Crippen LogP contribution is 2.28. The summed E-state index contributed by atoms with van der Waals surface area (Å²) >= 11 is 0. The first-order valence-corrected chi connectivity index (χ1v) is 9.84. The largest absolute Gasteiger partial charge is 0.334 e. The molecular weight excluding hydrogens is 333 g/mol. The van der Waals surface area contributed by atoms with E-state index < -0.39 is 21.7 Å². The maximum atomic E-state index is 13.9. The molecule has 0 atom stereocenters. The van der Waals surface area contributed by atoms with Gasteiger partial charge >= 0.3 is 0 Å². The van der Waals surface area contributed by atoms with Gasteiger partial charge in [0, 0.05) is 38.8 Å². The molecule has 1 amide bonds. The molecule has 1 aromatic rings. The number of halogens is 1. The standard InChI is InChI=1S/C16H22FN3O3S/c17-15-4-2-1-3-14(15)16(21)20(13-5-6-13)11-12-24(22,23)19-9-7-18-8-10-19/h1-4,13,18H,5-12H2. The minimum absolute atomic E-state index is 0.00368. The summed E-state index contributed by atoms with van der Waals surface area (Å²) in [5.74, 6) is -1.12. The number of piperazine rings is 1. The van der Waals surface area contributed by atoms with Crippen LogP contribution in [0.25, 0.3) is 0 Å². The molecule has 24 heavy (non-hydrogen) atoms. The summed E-state index contributed by atoms with van der Waals surface area (Å²) in [6.07, 6.45) is 1.68.